The molecule has 0 unspecified atom stereocenters. The van der Waals surface area contributed by atoms with Gasteiger partial charge in [-0.15, -0.1) is 0 Å². The zero-order chi connectivity index (χ0) is 28.6. The molecule has 0 heterocycles. The van der Waals surface area contributed by atoms with Crippen molar-refractivity contribution in [3.05, 3.63) is 93.6 Å². The summed E-state index contributed by atoms with van der Waals surface area (Å²) in [5.74, 6) is -0.359. The van der Waals surface area contributed by atoms with Crippen molar-refractivity contribution in [2.24, 2.45) is 5.41 Å². The molecule has 0 bridgehead atoms. The normalized spacial score (nSPS) is 12.1. The summed E-state index contributed by atoms with van der Waals surface area (Å²) >= 11 is 2.14. The summed E-state index contributed by atoms with van der Waals surface area (Å²) in [4.78, 5) is 36.8. The number of carbonyl (C=O) groups is 3. The molecular weight excluding hydrogens is 609 g/mol. The zero-order valence-electron chi connectivity index (χ0n) is 22.0. The van der Waals surface area contributed by atoms with Crippen LogP contribution in [0.25, 0.3) is 0 Å². The molecule has 2 amide bonds. The number of benzene rings is 3. The van der Waals surface area contributed by atoms with Crippen LogP contribution in [0.2, 0.25) is 0 Å². The second kappa shape index (κ2) is 13.3. The molecule has 0 spiro atoms. The molecule has 0 fully saturated rings. The van der Waals surface area contributed by atoms with E-state index in [4.69, 9.17) is 10.5 Å². The van der Waals surface area contributed by atoms with Crippen LogP contribution in [0.1, 0.15) is 55.6 Å². The van der Waals surface area contributed by atoms with E-state index in [0.29, 0.717) is 41.0 Å². The number of phenolic OH excluding ortho intramolecular Hbond substituents is 1. The number of hydrogen-bond donors (Lipinski definition) is 4. The van der Waals surface area contributed by atoms with Gasteiger partial charge in [-0.05, 0) is 103 Å². The molecule has 3 aromatic rings. The Balaban J connectivity index is 1.72. The molecule has 8 nitrogen and oxygen atoms in total. The third-order valence-corrected chi connectivity index (χ3v) is 6.86. The van der Waals surface area contributed by atoms with Gasteiger partial charge < -0.3 is 20.9 Å². The molecule has 3 rings (SSSR count). The van der Waals surface area contributed by atoms with E-state index >= 15 is 0 Å². The number of nitrogens with one attached hydrogen (secondary N) is 2. The molecule has 0 aliphatic heterocycles. The standard InChI is InChI=1S/C30H32IN3O5/c1-19(35)20-11-14-22(15-12-20)33-29(38)39-28(23-18-21(31)13-16-26(23)36)30(2,3)17-7-6-10-27(37)34-25-9-5-4-8-24(25)32/h4-6,8-16,18,28,36H,7,17,32H2,1-3H3,(H,33,38)(H,34,37)/b10-6+/t28-/m0/s1. The fourth-order valence-corrected chi connectivity index (χ4v) is 4.50. The van der Waals surface area contributed by atoms with Crippen molar-refractivity contribution in [2.75, 3.05) is 16.4 Å². The molecule has 0 aliphatic rings. The van der Waals surface area contributed by atoms with Crippen LogP contribution in [0.4, 0.5) is 21.9 Å². The van der Waals surface area contributed by atoms with Crippen LogP contribution in [0, 0.1) is 8.99 Å². The van der Waals surface area contributed by atoms with E-state index in [1.807, 2.05) is 13.8 Å². The number of ketones is 1. The Labute approximate surface area is 241 Å². The minimum Gasteiger partial charge on any atom is -0.508 e. The maximum absolute atomic E-state index is 12.9. The van der Waals surface area contributed by atoms with E-state index in [9.17, 15) is 19.5 Å². The lowest BCUT2D eigenvalue weighted by molar-refractivity contribution is -0.111. The van der Waals surface area contributed by atoms with Crippen molar-refractivity contribution < 1.29 is 24.2 Å². The Kier molecular flexibility index (Phi) is 10.1. The summed E-state index contributed by atoms with van der Waals surface area (Å²) in [5.41, 5.74) is 7.76. The van der Waals surface area contributed by atoms with Crippen molar-refractivity contribution in [1.82, 2.24) is 0 Å². The van der Waals surface area contributed by atoms with Crippen molar-refractivity contribution in [3.8, 4) is 5.75 Å². The lowest BCUT2D eigenvalue weighted by atomic mass is 9.78. The fraction of sp³-hybridized carbons (Fsp3) is 0.233. The highest BCUT2D eigenvalue weighted by molar-refractivity contribution is 14.1. The number of halogens is 1. The Hall–Kier alpha value is -3.86. The maximum Gasteiger partial charge on any atom is 0.412 e. The van der Waals surface area contributed by atoms with Gasteiger partial charge in [0.2, 0.25) is 5.91 Å². The van der Waals surface area contributed by atoms with Crippen LogP contribution >= 0.6 is 22.6 Å². The van der Waals surface area contributed by atoms with Gasteiger partial charge in [0.1, 0.15) is 11.9 Å². The summed E-state index contributed by atoms with van der Waals surface area (Å²) in [6.45, 7) is 5.34. The Morgan fingerprint density at radius 2 is 1.74 bits per heavy atom. The molecule has 0 radical (unpaired) electrons. The molecule has 39 heavy (non-hydrogen) atoms. The van der Waals surface area contributed by atoms with Crippen LogP contribution in [0.3, 0.4) is 0 Å². The number of rotatable bonds is 10. The van der Waals surface area contributed by atoms with Crippen molar-refractivity contribution in [2.45, 2.75) is 39.7 Å². The van der Waals surface area contributed by atoms with Crippen molar-refractivity contribution in [1.29, 1.82) is 0 Å². The third-order valence-electron chi connectivity index (χ3n) is 6.19. The SMILES string of the molecule is CC(=O)c1ccc(NC(=O)O[C@@H](c2cc(I)ccc2O)C(C)(C)CC/C=C/C(=O)Nc2ccccc2N)cc1. The summed E-state index contributed by atoms with van der Waals surface area (Å²) < 4.78 is 6.77. The first-order valence-electron chi connectivity index (χ1n) is 12.4. The maximum atomic E-state index is 12.9. The number of phenols is 1. The van der Waals surface area contributed by atoms with Gasteiger partial charge in [-0.2, -0.15) is 0 Å². The molecule has 3 aromatic carbocycles. The molecule has 0 saturated heterocycles. The van der Waals surface area contributed by atoms with Gasteiger partial charge in [0.15, 0.2) is 5.78 Å². The van der Waals surface area contributed by atoms with Gasteiger partial charge >= 0.3 is 6.09 Å². The Morgan fingerprint density at radius 1 is 1.05 bits per heavy atom. The van der Waals surface area contributed by atoms with E-state index in [0.717, 1.165) is 3.57 Å². The minimum absolute atomic E-state index is 0.0162. The number of allylic oxidation sites excluding steroid dienone is 1. The number of para-hydroxylation sites is 2. The number of ether oxygens (including phenoxy) is 1. The first-order chi connectivity index (χ1) is 18.5. The Bertz CT molecular complexity index is 1370. The molecule has 0 aliphatic carbocycles. The fourth-order valence-electron chi connectivity index (χ4n) is 3.98. The van der Waals surface area contributed by atoms with Gasteiger partial charge in [0, 0.05) is 25.8 Å². The topological polar surface area (TPSA) is 131 Å². The number of anilines is 3. The minimum atomic E-state index is -0.796. The molecule has 0 aromatic heterocycles. The summed E-state index contributed by atoms with van der Waals surface area (Å²) in [6, 6.07) is 18.6. The molecular formula is C30H32IN3O5. The second-order valence-corrected chi connectivity index (χ2v) is 11.0. The van der Waals surface area contributed by atoms with E-state index in [-0.39, 0.29) is 17.4 Å². The van der Waals surface area contributed by atoms with Gasteiger partial charge in [-0.25, -0.2) is 4.79 Å². The van der Waals surface area contributed by atoms with Crippen LogP contribution in [-0.2, 0) is 9.53 Å². The van der Waals surface area contributed by atoms with E-state index in [1.165, 1.54) is 13.0 Å². The largest absolute Gasteiger partial charge is 0.508 e. The number of aromatic hydroxyl groups is 1. The monoisotopic (exact) mass is 641 g/mol. The van der Waals surface area contributed by atoms with Crippen LogP contribution in [0.15, 0.2) is 78.9 Å². The molecule has 5 N–H and O–H groups in total. The summed E-state index contributed by atoms with van der Waals surface area (Å²) in [5, 5.41) is 16.1. The molecule has 9 heteroatoms. The van der Waals surface area contributed by atoms with Gasteiger partial charge in [-0.3, -0.25) is 14.9 Å². The quantitative estimate of drug-likeness (QED) is 0.0811. The highest BCUT2D eigenvalue weighted by atomic mass is 127. The molecule has 204 valence electrons. The van der Waals surface area contributed by atoms with Gasteiger partial charge in [0.25, 0.3) is 0 Å². The number of hydrogen-bond acceptors (Lipinski definition) is 6. The first-order valence-corrected chi connectivity index (χ1v) is 13.4. The van der Waals surface area contributed by atoms with Crippen molar-refractivity contribution in [3.63, 3.8) is 0 Å². The average molecular weight is 642 g/mol. The van der Waals surface area contributed by atoms with E-state index in [1.54, 1.807) is 72.8 Å². The molecule has 0 saturated carbocycles. The first kappa shape index (κ1) is 29.7. The number of nitrogen functional groups attached to an aromatic ring is 1. The third kappa shape index (κ3) is 8.57. The van der Waals surface area contributed by atoms with Gasteiger partial charge in [0.05, 0.1) is 11.4 Å². The van der Waals surface area contributed by atoms with E-state index in [2.05, 4.69) is 33.2 Å². The smallest absolute Gasteiger partial charge is 0.412 e. The van der Waals surface area contributed by atoms with Gasteiger partial charge in [-0.1, -0.05) is 32.1 Å². The second-order valence-electron chi connectivity index (χ2n) is 9.75. The number of amides is 2. The van der Waals surface area contributed by atoms with Crippen LogP contribution in [0.5, 0.6) is 5.75 Å². The average Bonchev–Trinajstić information content (AvgIpc) is 2.88. The highest BCUT2D eigenvalue weighted by Crippen LogP contribution is 2.44. The van der Waals surface area contributed by atoms with Crippen LogP contribution in [-0.4, -0.2) is 22.9 Å². The highest BCUT2D eigenvalue weighted by Gasteiger charge is 2.35. The number of nitrogens with two attached hydrogens (primary N) is 1. The number of carbonyl (C=O) groups excluding carboxylic acids is 3. The van der Waals surface area contributed by atoms with Crippen LogP contribution < -0.4 is 16.4 Å². The Morgan fingerprint density at radius 3 is 2.41 bits per heavy atom. The lowest BCUT2D eigenvalue weighted by Gasteiger charge is -2.34. The van der Waals surface area contributed by atoms with Crippen molar-refractivity contribution >= 4 is 57.4 Å². The lowest BCUT2D eigenvalue weighted by Crippen LogP contribution is -2.29. The summed E-state index contributed by atoms with van der Waals surface area (Å²) in [7, 11) is 0. The predicted molar refractivity (Wildman–Crippen MR) is 162 cm³/mol. The summed E-state index contributed by atoms with van der Waals surface area (Å²) in [6.07, 6.45) is 2.76. The van der Waals surface area contributed by atoms with E-state index < -0.39 is 17.6 Å². The number of Topliss-reactive ketones (excluding diaryl/α,β-unsaturated/α-hetero) is 1. The molecule has 1 atom stereocenters. The zero-order valence-corrected chi connectivity index (χ0v) is 24.2. The predicted octanol–water partition coefficient (Wildman–Crippen LogP) is 7.07.